The zero-order valence-corrected chi connectivity index (χ0v) is 4.33. The van der Waals surface area contributed by atoms with Gasteiger partial charge in [0.15, 0.2) is 0 Å². The van der Waals surface area contributed by atoms with E-state index in [1.54, 1.807) is 12.1 Å². The van der Waals surface area contributed by atoms with Crippen LogP contribution in [0.25, 0.3) is 0 Å². The van der Waals surface area contributed by atoms with Crippen LogP contribution < -0.4 is 0 Å². The van der Waals surface area contributed by atoms with Gasteiger partial charge in [-0.15, -0.1) is 0 Å². The van der Waals surface area contributed by atoms with Gasteiger partial charge in [0, 0.05) is 0 Å². The Balaban J connectivity index is 0.000000640. The number of hydrogen-bond acceptors (Lipinski definition) is 1. The molecular formula is C8H9N. The predicted octanol–water partition coefficient (Wildman–Crippen LogP) is 2.19. The Morgan fingerprint density at radius 3 is 2.00 bits per heavy atom. The predicted molar refractivity (Wildman–Crippen MR) is 37.9 cm³/mol. The van der Waals surface area contributed by atoms with Crippen molar-refractivity contribution in [2.45, 2.75) is 7.43 Å². The third kappa shape index (κ3) is 1.96. The van der Waals surface area contributed by atoms with E-state index in [4.69, 9.17) is 5.26 Å². The minimum Gasteiger partial charge on any atom is -0.192 e. The molecule has 0 heterocycles. The van der Waals surface area contributed by atoms with Crippen molar-refractivity contribution >= 4 is 0 Å². The highest BCUT2D eigenvalue weighted by molar-refractivity contribution is 5.27. The van der Waals surface area contributed by atoms with Crippen molar-refractivity contribution in [1.82, 2.24) is 0 Å². The van der Waals surface area contributed by atoms with E-state index in [2.05, 4.69) is 0 Å². The maximum Gasteiger partial charge on any atom is 0.0991 e. The summed E-state index contributed by atoms with van der Waals surface area (Å²) < 4.78 is 0. The molecular weight excluding hydrogens is 110 g/mol. The number of rotatable bonds is 0. The van der Waals surface area contributed by atoms with Gasteiger partial charge in [0.1, 0.15) is 0 Å². The lowest BCUT2D eigenvalue weighted by Gasteiger charge is -1.80. The van der Waals surface area contributed by atoms with Gasteiger partial charge in [0.05, 0.1) is 11.6 Å². The largest absolute Gasteiger partial charge is 0.192 e. The zero-order valence-electron chi connectivity index (χ0n) is 4.33. The third-order valence-corrected chi connectivity index (χ3v) is 0.903. The van der Waals surface area contributed by atoms with E-state index in [-0.39, 0.29) is 7.43 Å². The van der Waals surface area contributed by atoms with Crippen molar-refractivity contribution in [3.05, 3.63) is 35.9 Å². The highest BCUT2D eigenvalue weighted by atomic mass is 14.2. The quantitative estimate of drug-likeness (QED) is 0.513. The van der Waals surface area contributed by atoms with Crippen molar-refractivity contribution in [1.29, 1.82) is 5.26 Å². The van der Waals surface area contributed by atoms with Gasteiger partial charge in [-0.3, -0.25) is 0 Å². The first-order chi connectivity index (χ1) is 3.93. The van der Waals surface area contributed by atoms with Gasteiger partial charge < -0.3 is 0 Å². The van der Waals surface area contributed by atoms with E-state index in [1.165, 1.54) is 0 Å². The molecule has 0 atom stereocenters. The van der Waals surface area contributed by atoms with Crippen LogP contribution in [0.15, 0.2) is 30.3 Å². The molecule has 0 bridgehead atoms. The molecule has 1 aromatic rings. The summed E-state index contributed by atoms with van der Waals surface area (Å²) in [6, 6.07) is 11.2. The second-order valence-electron chi connectivity index (χ2n) is 1.48. The van der Waals surface area contributed by atoms with Crippen molar-refractivity contribution in [2.24, 2.45) is 0 Å². The Labute approximate surface area is 55.6 Å². The van der Waals surface area contributed by atoms with Crippen LogP contribution in [-0.2, 0) is 0 Å². The van der Waals surface area contributed by atoms with E-state index >= 15 is 0 Å². The monoisotopic (exact) mass is 119 g/mol. The Bertz CT molecular complexity index is 196. The van der Waals surface area contributed by atoms with Crippen molar-refractivity contribution in [3.63, 3.8) is 0 Å². The lowest BCUT2D eigenvalue weighted by atomic mass is 10.2. The molecule has 0 N–H and O–H groups in total. The van der Waals surface area contributed by atoms with Gasteiger partial charge in [0.2, 0.25) is 0 Å². The molecule has 0 aromatic heterocycles. The fraction of sp³-hybridized carbons (Fsp3) is 0.125. The maximum atomic E-state index is 8.29. The topological polar surface area (TPSA) is 23.8 Å². The van der Waals surface area contributed by atoms with E-state index < -0.39 is 0 Å². The standard InChI is InChI=1S/C7H5N.CH4/c8-6-7-4-2-1-3-5-7;/h1-5H;1H4. The Morgan fingerprint density at radius 2 is 1.67 bits per heavy atom. The first-order valence-electron chi connectivity index (χ1n) is 2.38. The summed E-state index contributed by atoms with van der Waals surface area (Å²) in [5.74, 6) is 0. The smallest absolute Gasteiger partial charge is 0.0991 e. The van der Waals surface area contributed by atoms with E-state index in [1.807, 2.05) is 24.3 Å². The minimum atomic E-state index is 0. The summed E-state index contributed by atoms with van der Waals surface area (Å²) in [7, 11) is 0. The first-order valence-corrected chi connectivity index (χ1v) is 2.38. The molecule has 0 saturated carbocycles. The van der Waals surface area contributed by atoms with Gasteiger partial charge >= 0.3 is 0 Å². The molecule has 9 heavy (non-hydrogen) atoms. The molecule has 1 heteroatoms. The number of nitriles is 1. The van der Waals surface area contributed by atoms with Crippen LogP contribution in [0.5, 0.6) is 0 Å². The van der Waals surface area contributed by atoms with Crippen LogP contribution in [0.1, 0.15) is 13.0 Å². The fourth-order valence-corrected chi connectivity index (χ4v) is 0.513. The molecule has 1 rings (SSSR count). The molecule has 1 nitrogen and oxygen atoms in total. The lowest BCUT2D eigenvalue weighted by molar-refractivity contribution is 1.49. The van der Waals surface area contributed by atoms with Gasteiger partial charge in [-0.25, -0.2) is 0 Å². The van der Waals surface area contributed by atoms with Crippen LogP contribution >= 0.6 is 0 Å². The average molecular weight is 119 g/mol. The van der Waals surface area contributed by atoms with Gasteiger partial charge in [-0.2, -0.15) is 5.26 Å². The second-order valence-corrected chi connectivity index (χ2v) is 1.48. The van der Waals surface area contributed by atoms with Crippen LogP contribution in [0.3, 0.4) is 0 Å². The fourth-order valence-electron chi connectivity index (χ4n) is 0.513. The molecule has 1 aromatic carbocycles. The van der Waals surface area contributed by atoms with Gasteiger partial charge in [-0.05, 0) is 12.1 Å². The Hall–Kier alpha value is -1.29. The average Bonchev–Trinajstić information content (AvgIpc) is 1.90. The number of nitrogens with zero attached hydrogens (tertiary/aromatic N) is 1. The summed E-state index contributed by atoms with van der Waals surface area (Å²) in [4.78, 5) is 0. The molecule has 0 aliphatic heterocycles. The maximum absolute atomic E-state index is 8.29. The van der Waals surface area contributed by atoms with Gasteiger partial charge in [0.25, 0.3) is 0 Å². The van der Waals surface area contributed by atoms with Crippen LogP contribution in [0.2, 0.25) is 0 Å². The van der Waals surface area contributed by atoms with E-state index in [0.29, 0.717) is 5.56 Å². The van der Waals surface area contributed by atoms with E-state index in [0.717, 1.165) is 0 Å². The molecule has 0 spiro atoms. The molecule has 0 aliphatic carbocycles. The van der Waals surface area contributed by atoms with Gasteiger partial charge in [-0.1, -0.05) is 25.6 Å². The van der Waals surface area contributed by atoms with Crippen molar-refractivity contribution in [2.75, 3.05) is 0 Å². The van der Waals surface area contributed by atoms with Crippen LogP contribution in [0.4, 0.5) is 0 Å². The molecule has 0 saturated heterocycles. The summed E-state index contributed by atoms with van der Waals surface area (Å²) in [5, 5.41) is 8.29. The molecule has 0 aliphatic rings. The zero-order chi connectivity index (χ0) is 5.82. The minimum absolute atomic E-state index is 0. The first kappa shape index (κ1) is 7.71. The van der Waals surface area contributed by atoms with E-state index in [9.17, 15) is 0 Å². The molecule has 0 amide bonds. The highest BCUT2D eigenvalue weighted by Crippen LogP contribution is 1.92. The summed E-state index contributed by atoms with van der Waals surface area (Å²) in [6.45, 7) is 0. The van der Waals surface area contributed by atoms with Crippen molar-refractivity contribution < 1.29 is 0 Å². The lowest BCUT2D eigenvalue weighted by Crippen LogP contribution is -1.66. The van der Waals surface area contributed by atoms with Crippen molar-refractivity contribution in [3.8, 4) is 6.07 Å². The third-order valence-electron chi connectivity index (χ3n) is 0.903. The highest BCUT2D eigenvalue weighted by Gasteiger charge is 1.79. The van der Waals surface area contributed by atoms with Crippen LogP contribution in [0, 0.1) is 11.3 Å². The molecule has 0 radical (unpaired) electrons. The second kappa shape index (κ2) is 3.68. The number of hydrogen-bond donors (Lipinski definition) is 0. The number of benzene rings is 1. The Kier molecular flexibility index (Phi) is 3.15. The summed E-state index contributed by atoms with van der Waals surface area (Å²) >= 11 is 0. The molecule has 0 unspecified atom stereocenters. The van der Waals surface area contributed by atoms with Crippen LogP contribution in [-0.4, -0.2) is 0 Å². The normalized spacial score (nSPS) is 7.00. The Morgan fingerprint density at radius 1 is 1.11 bits per heavy atom. The molecule has 0 fully saturated rings. The molecule has 46 valence electrons. The SMILES string of the molecule is C.N#Cc1ccccc1. The summed E-state index contributed by atoms with van der Waals surface area (Å²) in [6.07, 6.45) is 0. The summed E-state index contributed by atoms with van der Waals surface area (Å²) in [5.41, 5.74) is 0.715.